The third-order valence-corrected chi connectivity index (χ3v) is 8.34. The molecule has 1 saturated carbocycles. The van der Waals surface area contributed by atoms with Crippen LogP contribution in [0.5, 0.6) is 5.75 Å². The average molecular weight is 559 g/mol. The number of nitrogens with zero attached hydrogens (tertiary/aromatic N) is 3. The van der Waals surface area contributed by atoms with Gasteiger partial charge in [0.05, 0.1) is 29.5 Å². The number of thioether (sulfide) groups is 1. The van der Waals surface area contributed by atoms with Crippen LogP contribution < -0.4 is 15.0 Å². The predicted molar refractivity (Wildman–Crippen MR) is 155 cm³/mol. The third-order valence-electron chi connectivity index (χ3n) is 6.85. The number of nitrogens with one attached hydrogen (secondary N) is 1. The zero-order chi connectivity index (χ0) is 26.9. The van der Waals surface area contributed by atoms with Crippen LogP contribution in [0.4, 0.5) is 5.82 Å². The van der Waals surface area contributed by atoms with Crippen molar-refractivity contribution in [2.24, 2.45) is 0 Å². The normalized spacial score (nSPS) is 16.9. The largest absolute Gasteiger partial charge is 0.497 e. The van der Waals surface area contributed by atoms with Crippen molar-refractivity contribution < 1.29 is 14.3 Å². The van der Waals surface area contributed by atoms with Crippen molar-refractivity contribution in [3.8, 4) is 22.7 Å². The standard InChI is InChI=1S/C30H27ClN4O3S/c1-38-24-14-12-23(13-15-24)35-30-27(28(33-35)19-6-3-2-4-7-19)29(20-8-5-9-21(31)16-20)39-18-26(37)34(30)17-25(36)32-22-10-11-22/h2-9,12-16,22,29H,10-11,17-18H2,1H3,(H,32,36). The van der Waals surface area contributed by atoms with E-state index in [-0.39, 0.29) is 35.4 Å². The van der Waals surface area contributed by atoms with Gasteiger partial charge in [0, 0.05) is 22.2 Å². The van der Waals surface area contributed by atoms with Crippen LogP contribution >= 0.6 is 23.4 Å². The summed E-state index contributed by atoms with van der Waals surface area (Å²) < 4.78 is 7.15. The smallest absolute Gasteiger partial charge is 0.240 e. The molecule has 2 heterocycles. The second kappa shape index (κ2) is 10.8. The molecule has 1 aromatic heterocycles. The Morgan fingerprint density at radius 3 is 2.54 bits per heavy atom. The highest BCUT2D eigenvalue weighted by Gasteiger charge is 2.38. The van der Waals surface area contributed by atoms with Crippen LogP contribution in [-0.4, -0.2) is 47.0 Å². The van der Waals surface area contributed by atoms with Crippen LogP contribution in [0.15, 0.2) is 78.9 Å². The molecule has 1 atom stereocenters. The maximum Gasteiger partial charge on any atom is 0.240 e. The van der Waals surface area contributed by atoms with Crippen LogP contribution in [0.25, 0.3) is 16.9 Å². The number of methoxy groups -OCH3 is 1. The fraction of sp³-hybridized carbons (Fsp3) is 0.233. The molecule has 9 heteroatoms. The first-order valence-electron chi connectivity index (χ1n) is 12.8. The first kappa shape index (κ1) is 25.5. The van der Waals surface area contributed by atoms with Gasteiger partial charge in [-0.15, -0.1) is 11.8 Å². The Morgan fingerprint density at radius 1 is 1.08 bits per heavy atom. The van der Waals surface area contributed by atoms with Crippen LogP contribution in [0.1, 0.15) is 29.2 Å². The van der Waals surface area contributed by atoms with Crippen LogP contribution in [-0.2, 0) is 9.59 Å². The van der Waals surface area contributed by atoms with Gasteiger partial charge in [-0.1, -0.05) is 54.1 Å². The van der Waals surface area contributed by atoms with Crippen molar-refractivity contribution in [2.75, 3.05) is 24.3 Å². The van der Waals surface area contributed by atoms with E-state index >= 15 is 0 Å². The fourth-order valence-corrected chi connectivity index (χ4v) is 6.20. The van der Waals surface area contributed by atoms with E-state index in [1.54, 1.807) is 16.7 Å². The molecular formula is C30H27ClN4O3S. The number of halogens is 1. The summed E-state index contributed by atoms with van der Waals surface area (Å²) in [4.78, 5) is 28.4. The number of carbonyl (C=O) groups excluding carboxylic acids is 2. The highest BCUT2D eigenvalue weighted by Crippen LogP contribution is 2.48. The lowest BCUT2D eigenvalue weighted by atomic mass is 9.99. The van der Waals surface area contributed by atoms with E-state index in [0.29, 0.717) is 16.6 Å². The molecule has 198 valence electrons. The molecule has 1 N–H and O–H groups in total. The van der Waals surface area contributed by atoms with Gasteiger partial charge in [0.2, 0.25) is 11.8 Å². The molecule has 1 aliphatic carbocycles. The Kier molecular flexibility index (Phi) is 7.06. The van der Waals surface area contributed by atoms with Crippen molar-refractivity contribution in [2.45, 2.75) is 24.1 Å². The highest BCUT2D eigenvalue weighted by atomic mass is 35.5. The molecular weight excluding hydrogens is 532 g/mol. The Bertz CT molecular complexity index is 1520. The molecule has 1 fully saturated rings. The average Bonchev–Trinajstić information content (AvgIpc) is 3.71. The van der Waals surface area contributed by atoms with Gasteiger partial charge in [-0.2, -0.15) is 5.10 Å². The summed E-state index contributed by atoms with van der Waals surface area (Å²) in [5, 5.41) is 8.51. The van der Waals surface area contributed by atoms with Crippen molar-refractivity contribution in [3.05, 3.63) is 95.0 Å². The van der Waals surface area contributed by atoms with E-state index in [1.165, 1.54) is 11.8 Å². The molecule has 0 spiro atoms. The molecule has 0 bridgehead atoms. The van der Waals surface area contributed by atoms with E-state index < -0.39 is 0 Å². The lowest BCUT2D eigenvalue weighted by Gasteiger charge is -2.23. The first-order chi connectivity index (χ1) is 19.0. The SMILES string of the molecule is COc1ccc(-n2nc(-c3ccccc3)c3c2N(CC(=O)NC2CC2)C(=O)CSC3c2cccc(Cl)c2)cc1. The number of ether oxygens (including phenoxy) is 1. The van der Waals surface area contributed by atoms with Gasteiger partial charge in [-0.05, 0) is 54.8 Å². The van der Waals surface area contributed by atoms with Crippen molar-refractivity contribution in [1.29, 1.82) is 0 Å². The van der Waals surface area contributed by atoms with E-state index in [2.05, 4.69) is 5.32 Å². The minimum Gasteiger partial charge on any atom is -0.497 e. The Morgan fingerprint density at radius 2 is 1.85 bits per heavy atom. The number of anilines is 1. The molecule has 1 unspecified atom stereocenters. The molecule has 1 aliphatic heterocycles. The van der Waals surface area contributed by atoms with Gasteiger partial charge in [0.15, 0.2) is 0 Å². The molecule has 0 radical (unpaired) electrons. The number of rotatable bonds is 7. The van der Waals surface area contributed by atoms with Gasteiger partial charge in [-0.3, -0.25) is 14.5 Å². The molecule has 7 nitrogen and oxygen atoms in total. The van der Waals surface area contributed by atoms with Crippen LogP contribution in [0.3, 0.4) is 0 Å². The van der Waals surface area contributed by atoms with Gasteiger partial charge in [0.1, 0.15) is 18.1 Å². The number of carbonyl (C=O) groups is 2. The number of fused-ring (bicyclic) bond motifs is 1. The van der Waals surface area contributed by atoms with E-state index in [9.17, 15) is 9.59 Å². The van der Waals surface area contributed by atoms with E-state index in [0.717, 1.165) is 40.9 Å². The summed E-state index contributed by atoms with van der Waals surface area (Å²) in [7, 11) is 1.62. The maximum absolute atomic E-state index is 13.7. The molecule has 3 aromatic carbocycles. The fourth-order valence-electron chi connectivity index (χ4n) is 4.81. The van der Waals surface area contributed by atoms with Crippen LogP contribution in [0, 0.1) is 0 Å². The number of aromatic nitrogens is 2. The monoisotopic (exact) mass is 558 g/mol. The Labute approximate surface area is 236 Å². The zero-order valence-electron chi connectivity index (χ0n) is 21.3. The summed E-state index contributed by atoms with van der Waals surface area (Å²) in [6.45, 7) is -0.0821. The van der Waals surface area contributed by atoms with Crippen molar-refractivity contribution in [3.63, 3.8) is 0 Å². The molecule has 2 aliphatic rings. The summed E-state index contributed by atoms with van der Waals surface area (Å²) >= 11 is 7.95. The first-order valence-corrected chi connectivity index (χ1v) is 14.2. The predicted octanol–water partition coefficient (Wildman–Crippen LogP) is 5.65. The molecule has 6 rings (SSSR count). The number of benzene rings is 3. The molecule has 4 aromatic rings. The van der Waals surface area contributed by atoms with Gasteiger partial charge in [0.25, 0.3) is 0 Å². The zero-order valence-corrected chi connectivity index (χ0v) is 22.9. The van der Waals surface area contributed by atoms with E-state index in [1.807, 2.05) is 78.9 Å². The summed E-state index contributed by atoms with van der Waals surface area (Å²) in [5.74, 6) is 1.19. The van der Waals surface area contributed by atoms with Gasteiger partial charge < -0.3 is 10.1 Å². The minimum atomic E-state index is -0.235. The number of hydrogen-bond acceptors (Lipinski definition) is 5. The maximum atomic E-state index is 13.7. The Hall–Kier alpha value is -3.75. The van der Waals surface area contributed by atoms with E-state index in [4.69, 9.17) is 21.4 Å². The van der Waals surface area contributed by atoms with Gasteiger partial charge >= 0.3 is 0 Å². The molecule has 0 saturated heterocycles. The van der Waals surface area contributed by atoms with Crippen LogP contribution in [0.2, 0.25) is 5.02 Å². The highest BCUT2D eigenvalue weighted by molar-refractivity contribution is 8.00. The van der Waals surface area contributed by atoms with Crippen molar-refractivity contribution >= 4 is 41.0 Å². The third kappa shape index (κ3) is 5.27. The second-order valence-electron chi connectivity index (χ2n) is 9.63. The quantitative estimate of drug-likeness (QED) is 0.317. The Balaban J connectivity index is 1.59. The topological polar surface area (TPSA) is 76.5 Å². The summed E-state index contributed by atoms with van der Waals surface area (Å²) in [6.07, 6.45) is 1.94. The van der Waals surface area contributed by atoms with Crippen molar-refractivity contribution in [1.82, 2.24) is 15.1 Å². The number of hydrogen-bond donors (Lipinski definition) is 1. The lowest BCUT2D eigenvalue weighted by Crippen LogP contribution is -2.43. The minimum absolute atomic E-state index is 0.0821. The number of amides is 2. The lowest BCUT2D eigenvalue weighted by molar-refractivity contribution is -0.123. The summed E-state index contributed by atoms with van der Waals surface area (Å²) in [5.41, 5.74) is 4.27. The van der Waals surface area contributed by atoms with Gasteiger partial charge in [-0.25, -0.2) is 4.68 Å². The second-order valence-corrected chi connectivity index (χ2v) is 11.2. The molecule has 39 heavy (non-hydrogen) atoms. The molecule has 2 amide bonds. The summed E-state index contributed by atoms with van der Waals surface area (Å²) in [6, 6.07) is 25.4.